The van der Waals surface area contributed by atoms with Gasteiger partial charge in [-0.3, -0.25) is 4.79 Å². The molecule has 0 aliphatic carbocycles. The van der Waals surface area contributed by atoms with Gasteiger partial charge in [-0.05, 0) is 60.5 Å². The Morgan fingerprint density at radius 2 is 1.77 bits per heavy atom. The smallest absolute Gasteiger partial charge is 0.220 e. The summed E-state index contributed by atoms with van der Waals surface area (Å²) >= 11 is 0. The van der Waals surface area contributed by atoms with Gasteiger partial charge in [-0.2, -0.15) is 0 Å². The van der Waals surface area contributed by atoms with Crippen molar-refractivity contribution in [3.63, 3.8) is 0 Å². The fraction of sp³-hybridized carbons (Fsp3) is 0.500. The third-order valence-corrected chi connectivity index (χ3v) is 11.2. The SMILES string of the molecule is CC(C)(C)[Si](C)(C)OC(CCC1CCC(=O)N1)Cc1cccc(-c2ccccc2)c1. The second-order valence-corrected chi connectivity index (χ2v) is 14.9. The zero-order chi connectivity index (χ0) is 21.8. The second kappa shape index (κ2) is 9.48. The van der Waals surface area contributed by atoms with E-state index in [-0.39, 0.29) is 17.0 Å². The Bertz CT molecular complexity index is 842. The number of amides is 1. The average molecular weight is 424 g/mol. The highest BCUT2D eigenvalue weighted by Gasteiger charge is 2.39. The quantitative estimate of drug-likeness (QED) is 0.503. The van der Waals surface area contributed by atoms with E-state index in [1.807, 2.05) is 0 Å². The summed E-state index contributed by atoms with van der Waals surface area (Å²) in [7, 11) is -1.88. The van der Waals surface area contributed by atoms with E-state index in [4.69, 9.17) is 4.43 Å². The van der Waals surface area contributed by atoms with Gasteiger partial charge < -0.3 is 9.74 Å². The summed E-state index contributed by atoms with van der Waals surface area (Å²) in [5, 5.41) is 3.29. The molecule has 2 aromatic carbocycles. The first-order chi connectivity index (χ1) is 14.1. The fourth-order valence-corrected chi connectivity index (χ4v) is 5.24. The lowest BCUT2D eigenvalue weighted by molar-refractivity contribution is -0.119. The zero-order valence-electron chi connectivity index (χ0n) is 19.2. The standard InChI is InChI=1S/C26H37NO2Si/c1-26(2,3)30(4,5)29-24(16-14-23-15-17-25(28)27-23)19-20-10-9-13-22(18-20)21-11-7-6-8-12-21/h6-13,18,23-24H,14-17,19H2,1-5H3,(H,27,28). The highest BCUT2D eigenvalue weighted by Crippen LogP contribution is 2.38. The molecule has 0 radical (unpaired) electrons. The van der Waals surface area contributed by atoms with E-state index in [1.54, 1.807) is 0 Å². The van der Waals surface area contributed by atoms with Crippen molar-refractivity contribution in [3.8, 4) is 11.1 Å². The number of hydrogen-bond donors (Lipinski definition) is 1. The first kappa shape index (κ1) is 22.8. The Balaban J connectivity index is 1.75. The molecule has 1 amide bonds. The van der Waals surface area contributed by atoms with Crippen LogP contribution < -0.4 is 5.32 Å². The van der Waals surface area contributed by atoms with Crippen molar-refractivity contribution in [1.82, 2.24) is 5.32 Å². The Kier molecular flexibility index (Phi) is 7.20. The number of benzene rings is 2. The minimum Gasteiger partial charge on any atom is -0.414 e. The molecule has 1 aliphatic heterocycles. The molecule has 1 saturated heterocycles. The molecular weight excluding hydrogens is 386 g/mol. The predicted molar refractivity (Wildman–Crippen MR) is 128 cm³/mol. The maximum absolute atomic E-state index is 11.6. The van der Waals surface area contributed by atoms with E-state index < -0.39 is 8.32 Å². The molecule has 2 unspecified atom stereocenters. The molecule has 0 aromatic heterocycles. The summed E-state index contributed by atoms with van der Waals surface area (Å²) in [6.45, 7) is 11.5. The van der Waals surface area contributed by atoms with E-state index in [0.717, 1.165) is 25.7 Å². The van der Waals surface area contributed by atoms with Crippen LogP contribution in [0.25, 0.3) is 11.1 Å². The third kappa shape index (κ3) is 6.05. The van der Waals surface area contributed by atoms with Crippen molar-refractivity contribution in [2.45, 2.75) is 83.2 Å². The Labute approximate surface area is 183 Å². The van der Waals surface area contributed by atoms with Gasteiger partial charge in [0.1, 0.15) is 0 Å². The Morgan fingerprint density at radius 3 is 2.40 bits per heavy atom. The average Bonchev–Trinajstić information content (AvgIpc) is 3.11. The van der Waals surface area contributed by atoms with Gasteiger partial charge >= 0.3 is 0 Å². The number of carbonyl (C=O) groups is 1. The van der Waals surface area contributed by atoms with Gasteiger partial charge in [-0.15, -0.1) is 0 Å². The monoisotopic (exact) mass is 423 g/mol. The van der Waals surface area contributed by atoms with E-state index in [2.05, 4.69) is 93.8 Å². The minimum atomic E-state index is -1.88. The highest BCUT2D eigenvalue weighted by molar-refractivity contribution is 6.74. The molecule has 1 heterocycles. The molecular formula is C26H37NO2Si. The lowest BCUT2D eigenvalue weighted by atomic mass is 9.97. The van der Waals surface area contributed by atoms with Crippen LogP contribution >= 0.6 is 0 Å². The van der Waals surface area contributed by atoms with Gasteiger partial charge in [0.05, 0.1) is 0 Å². The minimum absolute atomic E-state index is 0.175. The number of rotatable bonds is 8. The molecule has 1 fully saturated rings. The molecule has 1 aliphatic rings. The molecule has 0 spiro atoms. The van der Waals surface area contributed by atoms with Crippen LogP contribution in [0.2, 0.25) is 18.1 Å². The van der Waals surface area contributed by atoms with Crippen LogP contribution in [0, 0.1) is 0 Å². The molecule has 30 heavy (non-hydrogen) atoms. The summed E-state index contributed by atoms with van der Waals surface area (Å²) < 4.78 is 6.86. The maximum Gasteiger partial charge on any atom is 0.220 e. The summed E-state index contributed by atoms with van der Waals surface area (Å²) in [6.07, 6.45) is 4.67. The van der Waals surface area contributed by atoms with Gasteiger partial charge in [-0.1, -0.05) is 75.4 Å². The third-order valence-electron chi connectivity index (χ3n) is 6.69. The summed E-state index contributed by atoms with van der Waals surface area (Å²) in [5.74, 6) is 0.192. The molecule has 4 heteroatoms. The summed E-state index contributed by atoms with van der Waals surface area (Å²) in [4.78, 5) is 11.6. The van der Waals surface area contributed by atoms with Crippen LogP contribution in [0.1, 0.15) is 52.0 Å². The summed E-state index contributed by atoms with van der Waals surface area (Å²) in [6, 6.07) is 19.7. The lowest BCUT2D eigenvalue weighted by Gasteiger charge is -2.39. The number of nitrogens with one attached hydrogen (secondary N) is 1. The van der Waals surface area contributed by atoms with Crippen LogP contribution in [0.4, 0.5) is 0 Å². The number of carbonyl (C=O) groups excluding carboxylic acids is 1. The van der Waals surface area contributed by atoms with Crippen molar-refractivity contribution in [2.75, 3.05) is 0 Å². The molecule has 0 saturated carbocycles. The normalized spacial score (nSPS) is 18.3. The first-order valence-electron chi connectivity index (χ1n) is 11.3. The van der Waals surface area contributed by atoms with Gasteiger partial charge in [0.2, 0.25) is 5.91 Å². The molecule has 2 aromatic rings. The van der Waals surface area contributed by atoms with Gasteiger partial charge in [0, 0.05) is 18.6 Å². The van der Waals surface area contributed by atoms with Crippen molar-refractivity contribution in [3.05, 3.63) is 60.2 Å². The molecule has 1 N–H and O–H groups in total. The van der Waals surface area contributed by atoms with Gasteiger partial charge in [-0.25, -0.2) is 0 Å². The van der Waals surface area contributed by atoms with Gasteiger partial charge in [0.15, 0.2) is 8.32 Å². The topological polar surface area (TPSA) is 38.3 Å². The zero-order valence-corrected chi connectivity index (χ0v) is 20.2. The Hall–Kier alpha value is -1.91. The van der Waals surface area contributed by atoms with E-state index in [1.165, 1.54) is 16.7 Å². The van der Waals surface area contributed by atoms with Crippen LogP contribution in [-0.4, -0.2) is 26.4 Å². The lowest BCUT2D eigenvalue weighted by Crippen LogP contribution is -2.44. The molecule has 0 bridgehead atoms. The predicted octanol–water partition coefficient (Wildman–Crippen LogP) is 6.35. The highest BCUT2D eigenvalue weighted by atomic mass is 28.4. The van der Waals surface area contributed by atoms with Gasteiger partial charge in [0.25, 0.3) is 0 Å². The largest absolute Gasteiger partial charge is 0.414 e. The van der Waals surface area contributed by atoms with Crippen LogP contribution in [0.15, 0.2) is 54.6 Å². The van der Waals surface area contributed by atoms with Crippen molar-refractivity contribution in [2.24, 2.45) is 0 Å². The fourth-order valence-electron chi connectivity index (χ4n) is 3.85. The van der Waals surface area contributed by atoms with E-state index in [0.29, 0.717) is 12.5 Å². The summed E-state index contributed by atoms with van der Waals surface area (Å²) in [5.41, 5.74) is 3.81. The molecule has 3 rings (SSSR count). The molecule has 162 valence electrons. The molecule has 3 nitrogen and oxygen atoms in total. The van der Waals surface area contributed by atoms with E-state index >= 15 is 0 Å². The Morgan fingerprint density at radius 1 is 1.07 bits per heavy atom. The van der Waals surface area contributed by atoms with Crippen molar-refractivity contribution < 1.29 is 9.22 Å². The second-order valence-electron chi connectivity index (χ2n) is 10.2. The van der Waals surface area contributed by atoms with Crippen LogP contribution in [0.3, 0.4) is 0 Å². The first-order valence-corrected chi connectivity index (χ1v) is 14.2. The van der Waals surface area contributed by atoms with E-state index in [9.17, 15) is 4.79 Å². The van der Waals surface area contributed by atoms with Crippen molar-refractivity contribution >= 4 is 14.2 Å². The molecule has 2 atom stereocenters. The van der Waals surface area contributed by atoms with Crippen molar-refractivity contribution in [1.29, 1.82) is 0 Å². The van der Waals surface area contributed by atoms with Crippen LogP contribution in [-0.2, 0) is 15.6 Å². The van der Waals surface area contributed by atoms with Crippen LogP contribution in [0.5, 0.6) is 0 Å². The maximum atomic E-state index is 11.6. The number of hydrogen-bond acceptors (Lipinski definition) is 2.